The van der Waals surface area contributed by atoms with E-state index in [-0.39, 0.29) is 0 Å². The third kappa shape index (κ3) is 4.03. The first-order chi connectivity index (χ1) is 8.90. The summed E-state index contributed by atoms with van der Waals surface area (Å²) < 4.78 is 5.69. The largest absolute Gasteiger partial charge is 0.378 e. The van der Waals surface area contributed by atoms with Crippen LogP contribution in [-0.2, 0) is 4.74 Å². The monoisotopic (exact) mass is 249 g/mol. The van der Waals surface area contributed by atoms with Gasteiger partial charge in [-0.25, -0.2) is 0 Å². The molecule has 4 heteroatoms. The second-order valence-electron chi connectivity index (χ2n) is 4.89. The molecular formula is C14H23N3O. The molecule has 2 rings (SSSR count). The predicted molar refractivity (Wildman–Crippen MR) is 71.3 cm³/mol. The Kier molecular flexibility index (Phi) is 5.55. The Hall–Kier alpha value is -1.00. The van der Waals surface area contributed by atoms with Crippen molar-refractivity contribution < 1.29 is 4.74 Å². The van der Waals surface area contributed by atoms with Gasteiger partial charge in [0.2, 0.25) is 0 Å². The van der Waals surface area contributed by atoms with E-state index in [9.17, 15) is 0 Å². The first-order valence-corrected chi connectivity index (χ1v) is 7.01. The van der Waals surface area contributed by atoms with Crippen molar-refractivity contribution in [3.63, 3.8) is 0 Å². The molecule has 1 aliphatic rings. The molecule has 0 bridgehead atoms. The van der Waals surface area contributed by atoms with E-state index in [1.54, 1.807) is 6.20 Å². The van der Waals surface area contributed by atoms with E-state index >= 15 is 0 Å². The van der Waals surface area contributed by atoms with Gasteiger partial charge in [-0.15, -0.1) is 0 Å². The van der Waals surface area contributed by atoms with Crippen LogP contribution in [0, 0.1) is 0 Å². The van der Waals surface area contributed by atoms with Crippen LogP contribution in [0.5, 0.6) is 0 Å². The smallest absolute Gasteiger partial charge is 0.0576 e. The van der Waals surface area contributed by atoms with Crippen LogP contribution in [0.3, 0.4) is 0 Å². The van der Waals surface area contributed by atoms with Gasteiger partial charge >= 0.3 is 0 Å². The molecule has 18 heavy (non-hydrogen) atoms. The standard InChI is InChI=1S/C14H23N3O/c1-2-8-15-14(12-7-9-16-17-11-12)6-5-13-4-3-10-18-13/h7,9,11,13-15H,2-6,8,10H2,1H3. The van der Waals surface area contributed by atoms with Crippen molar-refractivity contribution in [2.75, 3.05) is 13.2 Å². The van der Waals surface area contributed by atoms with E-state index < -0.39 is 0 Å². The zero-order chi connectivity index (χ0) is 12.6. The highest BCUT2D eigenvalue weighted by molar-refractivity contribution is 5.11. The minimum atomic E-state index is 0.379. The summed E-state index contributed by atoms with van der Waals surface area (Å²) in [5, 5.41) is 11.4. The number of nitrogens with zero attached hydrogens (tertiary/aromatic N) is 2. The summed E-state index contributed by atoms with van der Waals surface area (Å²) in [6.07, 6.45) is 9.91. The molecule has 0 radical (unpaired) electrons. The second kappa shape index (κ2) is 7.44. The van der Waals surface area contributed by atoms with Gasteiger partial charge < -0.3 is 10.1 Å². The SMILES string of the molecule is CCCNC(CCC1CCCO1)c1ccnnc1. The maximum Gasteiger partial charge on any atom is 0.0576 e. The fourth-order valence-corrected chi connectivity index (χ4v) is 2.44. The third-order valence-electron chi connectivity index (χ3n) is 3.45. The average molecular weight is 249 g/mol. The summed E-state index contributed by atoms with van der Waals surface area (Å²) in [6.45, 7) is 4.17. The highest BCUT2D eigenvalue weighted by Crippen LogP contribution is 2.23. The number of nitrogens with one attached hydrogen (secondary N) is 1. The van der Waals surface area contributed by atoms with E-state index in [0.29, 0.717) is 12.1 Å². The number of rotatable bonds is 7. The zero-order valence-electron chi connectivity index (χ0n) is 11.1. The molecule has 4 nitrogen and oxygen atoms in total. The predicted octanol–water partition coefficient (Wildman–Crippen LogP) is 2.48. The van der Waals surface area contributed by atoms with E-state index in [4.69, 9.17) is 4.74 Å². The fraction of sp³-hybridized carbons (Fsp3) is 0.714. The summed E-state index contributed by atoms with van der Waals surface area (Å²) >= 11 is 0. The lowest BCUT2D eigenvalue weighted by atomic mass is 10.0. The van der Waals surface area contributed by atoms with Crippen molar-refractivity contribution >= 4 is 0 Å². The maximum atomic E-state index is 5.69. The van der Waals surface area contributed by atoms with Crippen LogP contribution in [0.1, 0.15) is 50.6 Å². The molecule has 0 aliphatic carbocycles. The van der Waals surface area contributed by atoms with Crippen molar-refractivity contribution in [2.24, 2.45) is 0 Å². The van der Waals surface area contributed by atoms with Crippen molar-refractivity contribution in [3.8, 4) is 0 Å². The van der Waals surface area contributed by atoms with Gasteiger partial charge in [0.25, 0.3) is 0 Å². The van der Waals surface area contributed by atoms with Crippen molar-refractivity contribution in [2.45, 2.75) is 51.2 Å². The highest BCUT2D eigenvalue weighted by Gasteiger charge is 2.18. The minimum absolute atomic E-state index is 0.379. The molecule has 100 valence electrons. The first kappa shape index (κ1) is 13.4. The van der Waals surface area contributed by atoms with E-state index in [1.807, 2.05) is 6.20 Å². The number of hydrogen-bond acceptors (Lipinski definition) is 4. The lowest BCUT2D eigenvalue weighted by molar-refractivity contribution is 0.0996. The molecule has 0 spiro atoms. The van der Waals surface area contributed by atoms with Gasteiger partial charge in [0.05, 0.1) is 12.3 Å². The molecular weight excluding hydrogens is 226 g/mol. The van der Waals surface area contributed by atoms with E-state index in [2.05, 4.69) is 28.5 Å². The lowest BCUT2D eigenvalue weighted by Gasteiger charge is -2.20. The summed E-state index contributed by atoms with van der Waals surface area (Å²) in [5.41, 5.74) is 1.23. The quantitative estimate of drug-likeness (QED) is 0.806. The number of hydrogen-bond donors (Lipinski definition) is 1. The molecule has 2 unspecified atom stereocenters. The topological polar surface area (TPSA) is 47.0 Å². The molecule has 0 saturated carbocycles. The van der Waals surface area contributed by atoms with Crippen molar-refractivity contribution in [3.05, 3.63) is 24.0 Å². The van der Waals surface area contributed by atoms with Gasteiger partial charge in [-0.3, -0.25) is 0 Å². The van der Waals surface area contributed by atoms with Crippen LogP contribution in [0.4, 0.5) is 0 Å². The molecule has 0 aromatic carbocycles. The van der Waals surface area contributed by atoms with Crippen LogP contribution in [0.25, 0.3) is 0 Å². The van der Waals surface area contributed by atoms with Crippen LogP contribution < -0.4 is 5.32 Å². The van der Waals surface area contributed by atoms with Gasteiger partial charge in [-0.1, -0.05) is 6.92 Å². The first-order valence-electron chi connectivity index (χ1n) is 7.01. The zero-order valence-corrected chi connectivity index (χ0v) is 11.1. The van der Waals surface area contributed by atoms with Crippen LogP contribution in [0.2, 0.25) is 0 Å². The Labute approximate surface area is 109 Å². The second-order valence-corrected chi connectivity index (χ2v) is 4.89. The van der Waals surface area contributed by atoms with Crippen molar-refractivity contribution in [1.82, 2.24) is 15.5 Å². The summed E-state index contributed by atoms with van der Waals surface area (Å²) in [7, 11) is 0. The summed E-state index contributed by atoms with van der Waals surface area (Å²) in [4.78, 5) is 0. The van der Waals surface area contributed by atoms with Crippen LogP contribution in [0.15, 0.2) is 18.5 Å². The van der Waals surface area contributed by atoms with Gasteiger partial charge in [0.15, 0.2) is 0 Å². The summed E-state index contributed by atoms with van der Waals surface area (Å²) in [6, 6.07) is 2.43. The fourth-order valence-electron chi connectivity index (χ4n) is 2.44. The number of ether oxygens (including phenoxy) is 1. The third-order valence-corrected chi connectivity index (χ3v) is 3.45. The van der Waals surface area contributed by atoms with Crippen LogP contribution in [-0.4, -0.2) is 29.5 Å². The molecule has 1 fully saturated rings. The Morgan fingerprint density at radius 1 is 1.50 bits per heavy atom. The Bertz CT molecular complexity index is 325. The average Bonchev–Trinajstić information content (AvgIpc) is 2.93. The molecule has 1 aromatic heterocycles. The molecule has 2 heterocycles. The normalized spacial score (nSPS) is 21.1. The maximum absolute atomic E-state index is 5.69. The minimum Gasteiger partial charge on any atom is -0.378 e. The van der Waals surface area contributed by atoms with Crippen LogP contribution >= 0.6 is 0 Å². The Morgan fingerprint density at radius 2 is 2.44 bits per heavy atom. The van der Waals surface area contributed by atoms with E-state index in [1.165, 1.54) is 18.4 Å². The molecule has 1 aliphatic heterocycles. The highest BCUT2D eigenvalue weighted by atomic mass is 16.5. The molecule has 1 saturated heterocycles. The lowest BCUT2D eigenvalue weighted by Crippen LogP contribution is -2.23. The van der Waals surface area contributed by atoms with E-state index in [0.717, 1.165) is 32.4 Å². The van der Waals surface area contributed by atoms with Gasteiger partial charge in [0.1, 0.15) is 0 Å². The molecule has 0 amide bonds. The summed E-state index contributed by atoms with van der Waals surface area (Å²) in [5.74, 6) is 0. The Morgan fingerprint density at radius 3 is 3.11 bits per heavy atom. The van der Waals surface area contributed by atoms with Gasteiger partial charge in [0, 0.05) is 18.8 Å². The molecule has 1 aromatic rings. The Balaban J connectivity index is 1.87. The van der Waals surface area contributed by atoms with Gasteiger partial charge in [-0.05, 0) is 50.3 Å². The van der Waals surface area contributed by atoms with Gasteiger partial charge in [-0.2, -0.15) is 10.2 Å². The van der Waals surface area contributed by atoms with Crippen molar-refractivity contribution in [1.29, 1.82) is 0 Å². The number of aromatic nitrogens is 2. The molecule has 1 N–H and O–H groups in total. The molecule has 2 atom stereocenters.